The molecule has 9 nitrogen and oxygen atoms in total. The van der Waals surface area contributed by atoms with Gasteiger partial charge in [-0.05, 0) is 37.8 Å². The number of primary amides is 1. The number of carbonyl (C=O) groups is 3. The monoisotopic (exact) mass is 488 g/mol. The number of hydrogen-bond donors (Lipinski definition) is 4. The number of fused-ring (bicyclic) bond motifs is 1. The lowest BCUT2D eigenvalue weighted by Gasteiger charge is -2.65. The average Bonchev–Trinajstić information content (AvgIpc) is 2.74. The minimum Gasteiger partial charge on any atom is -0.547 e. The summed E-state index contributed by atoms with van der Waals surface area (Å²) in [5.74, 6) is -1.41. The smallest absolute Gasteiger partial charge is 0.252 e. The fraction of sp³-hybridized carbons (Fsp3) is 0.654. The van der Waals surface area contributed by atoms with E-state index in [9.17, 15) is 29.7 Å². The van der Waals surface area contributed by atoms with Gasteiger partial charge in [0.1, 0.15) is 23.2 Å². The van der Waals surface area contributed by atoms with Crippen molar-refractivity contribution in [2.75, 3.05) is 20.1 Å². The Morgan fingerprint density at radius 3 is 2.49 bits per heavy atom. The number of likely N-dealkylation sites (tertiary alicyclic amines) is 1. The SMILES string of the molecule is CC(O)C(=O)[O-].C[N+]1(CC2CCC2)CC[C@]23CC(=O)CC[C@@]2(O)[C@H]1Cc1ccc(C(N)=O)c(O)c13. The van der Waals surface area contributed by atoms with Crippen LogP contribution in [-0.4, -0.2) is 75.3 Å². The molecule has 5 atom stereocenters. The molecule has 35 heavy (non-hydrogen) atoms. The van der Waals surface area contributed by atoms with E-state index >= 15 is 0 Å². The first kappa shape index (κ1) is 25.6. The van der Waals surface area contributed by atoms with E-state index < -0.39 is 29.0 Å². The average molecular weight is 489 g/mol. The van der Waals surface area contributed by atoms with E-state index in [1.165, 1.54) is 19.3 Å². The van der Waals surface area contributed by atoms with Gasteiger partial charge >= 0.3 is 0 Å². The van der Waals surface area contributed by atoms with Crippen LogP contribution in [0.4, 0.5) is 0 Å². The van der Waals surface area contributed by atoms with Crippen molar-refractivity contribution in [1.29, 1.82) is 0 Å². The maximum Gasteiger partial charge on any atom is 0.252 e. The molecule has 1 aromatic rings. The molecule has 1 heterocycles. The predicted molar refractivity (Wildman–Crippen MR) is 124 cm³/mol. The van der Waals surface area contributed by atoms with Crippen LogP contribution < -0.4 is 10.8 Å². The normalized spacial score (nSPS) is 34.4. The van der Waals surface area contributed by atoms with Gasteiger partial charge in [-0.3, -0.25) is 9.59 Å². The Bertz CT molecular complexity index is 1050. The second-order valence-corrected chi connectivity index (χ2v) is 11.2. The number of ketones is 1. The van der Waals surface area contributed by atoms with E-state index in [0.29, 0.717) is 37.2 Å². The number of rotatable bonds is 4. The molecule has 0 aromatic heterocycles. The number of carboxylic acid groups (broad SMARTS) is 1. The quantitative estimate of drug-likeness (QED) is 0.431. The van der Waals surface area contributed by atoms with Crippen LogP contribution in [0.15, 0.2) is 12.1 Å². The number of aromatic hydroxyl groups is 1. The Labute approximate surface area is 205 Å². The van der Waals surface area contributed by atoms with Crippen LogP contribution >= 0.6 is 0 Å². The highest BCUT2D eigenvalue weighted by Gasteiger charge is 2.70. The number of likely N-dealkylation sites (N-methyl/N-ethyl adjacent to an activating group) is 1. The number of Topliss-reactive ketones (excluding diaryl/α,β-unsaturated/α-hetero) is 1. The largest absolute Gasteiger partial charge is 0.547 e. The number of nitrogens with two attached hydrogens (primary N) is 1. The summed E-state index contributed by atoms with van der Waals surface area (Å²) in [5.41, 5.74) is 5.25. The fourth-order valence-electron chi connectivity index (χ4n) is 7.10. The van der Waals surface area contributed by atoms with Crippen molar-refractivity contribution >= 4 is 17.7 Å². The Morgan fingerprint density at radius 1 is 1.29 bits per heavy atom. The van der Waals surface area contributed by atoms with Crippen molar-refractivity contribution in [3.63, 3.8) is 0 Å². The van der Waals surface area contributed by atoms with Crippen molar-refractivity contribution in [1.82, 2.24) is 0 Å². The fourth-order valence-corrected chi connectivity index (χ4v) is 7.10. The summed E-state index contributed by atoms with van der Waals surface area (Å²) in [6.45, 7) is 3.07. The summed E-state index contributed by atoms with van der Waals surface area (Å²) < 4.78 is 0.828. The number of aliphatic hydroxyl groups is 2. The van der Waals surface area contributed by atoms with Gasteiger partial charge in [0.25, 0.3) is 5.91 Å². The molecule has 2 bridgehead atoms. The van der Waals surface area contributed by atoms with Gasteiger partial charge in [0.05, 0.1) is 37.8 Å². The van der Waals surface area contributed by atoms with Crippen LogP contribution in [0.5, 0.6) is 5.75 Å². The maximum absolute atomic E-state index is 12.6. The van der Waals surface area contributed by atoms with Gasteiger partial charge < -0.3 is 35.4 Å². The molecular formula is C26H36N2O7. The van der Waals surface area contributed by atoms with Gasteiger partial charge in [0, 0.05) is 42.6 Å². The Hall–Kier alpha value is -2.49. The first-order valence-corrected chi connectivity index (χ1v) is 12.5. The molecule has 1 amide bonds. The van der Waals surface area contributed by atoms with Crippen LogP contribution in [0.3, 0.4) is 0 Å². The second-order valence-electron chi connectivity index (χ2n) is 11.2. The van der Waals surface area contributed by atoms with Crippen LogP contribution in [0.25, 0.3) is 0 Å². The van der Waals surface area contributed by atoms with Crippen LogP contribution in [-0.2, 0) is 21.4 Å². The molecule has 9 heteroatoms. The van der Waals surface area contributed by atoms with Crippen LogP contribution in [0.2, 0.25) is 0 Å². The number of piperidine rings is 1. The zero-order chi connectivity index (χ0) is 25.8. The maximum atomic E-state index is 12.6. The van der Waals surface area contributed by atoms with Crippen LogP contribution in [0.1, 0.15) is 73.4 Å². The number of carboxylic acids is 1. The molecule has 0 spiro atoms. The van der Waals surface area contributed by atoms with Crippen LogP contribution in [0, 0.1) is 5.92 Å². The predicted octanol–water partition coefficient (Wildman–Crippen LogP) is -0.0948. The first-order chi connectivity index (χ1) is 16.3. The van der Waals surface area contributed by atoms with E-state index in [4.69, 9.17) is 10.8 Å². The first-order valence-electron chi connectivity index (χ1n) is 12.5. The lowest BCUT2D eigenvalue weighted by molar-refractivity contribution is -0.952. The number of carbonyl (C=O) groups excluding carboxylic acids is 3. The zero-order valence-electron chi connectivity index (χ0n) is 20.5. The summed E-state index contributed by atoms with van der Waals surface area (Å²) in [4.78, 5) is 33.8. The van der Waals surface area contributed by atoms with E-state index in [-0.39, 0.29) is 29.6 Å². The summed E-state index contributed by atoms with van der Waals surface area (Å²) >= 11 is 0. The van der Waals surface area contributed by atoms with E-state index in [1.54, 1.807) is 6.07 Å². The number of benzene rings is 1. The molecule has 3 aliphatic carbocycles. The Balaban J connectivity index is 0.000000431. The molecule has 192 valence electrons. The molecule has 4 aliphatic rings. The topological polar surface area (TPSA) is 161 Å². The van der Waals surface area contributed by atoms with Gasteiger partial charge in [0.2, 0.25) is 0 Å². The van der Waals surface area contributed by atoms with Gasteiger partial charge in [-0.25, -0.2) is 0 Å². The highest BCUT2D eigenvalue weighted by atomic mass is 16.4. The van der Waals surface area contributed by atoms with Crippen molar-refractivity contribution in [3.8, 4) is 5.75 Å². The zero-order valence-corrected chi connectivity index (χ0v) is 20.5. The lowest BCUT2D eigenvalue weighted by Crippen LogP contribution is -2.78. The number of amides is 1. The molecule has 0 radical (unpaired) electrons. The van der Waals surface area contributed by atoms with E-state index in [2.05, 4.69) is 7.05 Å². The summed E-state index contributed by atoms with van der Waals surface area (Å²) in [7, 11) is 2.27. The summed E-state index contributed by atoms with van der Waals surface area (Å²) in [6.07, 6.45) is 4.80. The summed E-state index contributed by atoms with van der Waals surface area (Å²) in [6, 6.07) is 3.46. The van der Waals surface area contributed by atoms with Gasteiger partial charge in [0.15, 0.2) is 0 Å². The molecule has 1 saturated heterocycles. The van der Waals surface area contributed by atoms with Crippen molar-refractivity contribution in [2.45, 2.75) is 81.5 Å². The highest BCUT2D eigenvalue weighted by molar-refractivity contribution is 5.96. The minimum absolute atomic E-state index is 0.00345. The van der Waals surface area contributed by atoms with E-state index in [1.807, 2.05) is 6.07 Å². The minimum atomic E-state index is -1.44. The number of phenols is 1. The van der Waals surface area contributed by atoms with Gasteiger partial charge in [-0.1, -0.05) is 12.5 Å². The van der Waals surface area contributed by atoms with E-state index in [0.717, 1.165) is 30.1 Å². The molecule has 1 aliphatic heterocycles. The van der Waals surface area contributed by atoms with Crippen molar-refractivity contribution in [3.05, 3.63) is 28.8 Å². The number of nitrogens with zero attached hydrogens (tertiary/aromatic N) is 1. The molecule has 5 N–H and O–H groups in total. The lowest BCUT2D eigenvalue weighted by atomic mass is 9.48. The second kappa shape index (κ2) is 8.87. The third-order valence-corrected chi connectivity index (χ3v) is 9.13. The van der Waals surface area contributed by atoms with Gasteiger partial charge in [-0.2, -0.15) is 0 Å². The molecule has 1 aromatic carbocycles. The Kier molecular flexibility index (Phi) is 6.49. The number of aliphatic hydroxyl groups excluding tert-OH is 1. The molecule has 2 unspecified atom stereocenters. The molecule has 2 saturated carbocycles. The third kappa shape index (κ3) is 4.03. The number of quaternary nitrogens is 1. The number of aliphatic carboxylic acids is 1. The number of hydrogen-bond acceptors (Lipinski definition) is 7. The van der Waals surface area contributed by atoms with Gasteiger partial charge in [-0.15, -0.1) is 0 Å². The third-order valence-electron chi connectivity index (χ3n) is 9.13. The molecular weight excluding hydrogens is 452 g/mol. The summed E-state index contributed by atoms with van der Waals surface area (Å²) in [5, 5.41) is 40.6. The Morgan fingerprint density at radius 2 is 1.94 bits per heavy atom. The highest BCUT2D eigenvalue weighted by Crippen LogP contribution is 2.61. The standard InChI is InChI=1S/C23H30N2O4.C3H6O3/c1-25(13-14-3-2-4-14)10-9-22-12-16(26)7-8-23(22,29)18(25)11-15-5-6-17(21(24)28)20(27)19(15)22;1-2(4)3(5)6/h5-6,14,18,29H,2-4,7-13H2,1H3,(H2-,24,27,28);2,4H,1H3,(H,5,6)/t18-,22-,23-,25?;/m1./s1. The molecule has 5 rings (SSSR count). The van der Waals surface area contributed by atoms with Crippen molar-refractivity contribution in [2.24, 2.45) is 11.7 Å². The molecule has 3 fully saturated rings. The van der Waals surface area contributed by atoms with Crippen molar-refractivity contribution < 1.29 is 39.3 Å².